The molecule has 4 heteroatoms. The first-order valence-corrected chi connectivity index (χ1v) is 8.08. The molecule has 1 aromatic carbocycles. The fourth-order valence-electron chi connectivity index (χ4n) is 2.99. The van der Waals surface area contributed by atoms with Gasteiger partial charge in [-0.05, 0) is 42.0 Å². The number of hydrogen-bond acceptors (Lipinski definition) is 2. The lowest BCUT2D eigenvalue weighted by molar-refractivity contribution is 0.0697. The van der Waals surface area contributed by atoms with Crippen molar-refractivity contribution < 1.29 is 9.90 Å². The maximum Gasteiger partial charge on any atom is 0.335 e. The molecule has 3 N–H and O–H groups in total. The highest BCUT2D eigenvalue weighted by Gasteiger charge is 2.17. The number of benzene rings is 1. The first-order valence-electron chi connectivity index (χ1n) is 8.08. The van der Waals surface area contributed by atoms with Gasteiger partial charge in [-0.3, -0.25) is 0 Å². The van der Waals surface area contributed by atoms with Gasteiger partial charge in [0.2, 0.25) is 0 Å². The van der Waals surface area contributed by atoms with E-state index in [9.17, 15) is 9.90 Å². The highest BCUT2D eigenvalue weighted by molar-refractivity contribution is 5.97. The number of aromatic carboxylic acids is 1. The zero-order chi connectivity index (χ0) is 16.3. The second kappa shape index (κ2) is 6.97. The van der Waals surface area contributed by atoms with Crippen molar-refractivity contribution >= 4 is 16.9 Å². The van der Waals surface area contributed by atoms with Crippen LogP contribution in [0.3, 0.4) is 0 Å². The maximum absolute atomic E-state index is 11.5. The molecule has 0 aliphatic rings. The van der Waals surface area contributed by atoms with Gasteiger partial charge in [-0.1, -0.05) is 27.2 Å². The number of nitrogens with two attached hydrogens (primary N) is 1. The summed E-state index contributed by atoms with van der Waals surface area (Å²) in [6, 6.07) is 3.63. The Labute approximate surface area is 131 Å². The Morgan fingerprint density at radius 3 is 2.64 bits per heavy atom. The van der Waals surface area contributed by atoms with Crippen LogP contribution < -0.4 is 5.73 Å². The van der Waals surface area contributed by atoms with Crippen LogP contribution in [-0.2, 0) is 13.0 Å². The van der Waals surface area contributed by atoms with E-state index in [0.717, 1.165) is 42.3 Å². The van der Waals surface area contributed by atoms with Crippen molar-refractivity contribution in [2.24, 2.45) is 5.73 Å². The molecule has 0 aliphatic heterocycles. The number of carboxylic acids is 1. The zero-order valence-corrected chi connectivity index (χ0v) is 13.7. The standard InChI is InChI=1S/C18H26N2O2/c1-4-5-6-13-11-20(8-7-19)17-15(12(2)3)9-14(18(21)22)10-16(13)17/h9-12H,4-8,19H2,1-3H3,(H,21,22). The van der Waals surface area contributed by atoms with E-state index in [1.807, 2.05) is 12.1 Å². The third kappa shape index (κ3) is 3.17. The summed E-state index contributed by atoms with van der Waals surface area (Å²) in [6.45, 7) is 7.71. The van der Waals surface area contributed by atoms with Crippen molar-refractivity contribution in [3.63, 3.8) is 0 Å². The van der Waals surface area contributed by atoms with E-state index in [-0.39, 0.29) is 5.92 Å². The van der Waals surface area contributed by atoms with Gasteiger partial charge in [-0.15, -0.1) is 0 Å². The van der Waals surface area contributed by atoms with E-state index < -0.39 is 5.97 Å². The normalized spacial score (nSPS) is 11.5. The summed E-state index contributed by atoms with van der Waals surface area (Å²) in [4.78, 5) is 11.5. The summed E-state index contributed by atoms with van der Waals surface area (Å²) in [5, 5.41) is 10.5. The molecule has 1 heterocycles. The van der Waals surface area contributed by atoms with Gasteiger partial charge in [-0.2, -0.15) is 0 Å². The van der Waals surface area contributed by atoms with Crippen LogP contribution in [0, 0.1) is 0 Å². The molecule has 120 valence electrons. The van der Waals surface area contributed by atoms with Crippen LogP contribution in [0.1, 0.15) is 61.0 Å². The van der Waals surface area contributed by atoms with Gasteiger partial charge in [0.25, 0.3) is 0 Å². The third-order valence-corrected chi connectivity index (χ3v) is 4.12. The number of hydrogen-bond donors (Lipinski definition) is 2. The number of fused-ring (bicyclic) bond motifs is 1. The summed E-state index contributed by atoms with van der Waals surface area (Å²) in [6.07, 6.45) is 5.37. The van der Waals surface area contributed by atoms with E-state index >= 15 is 0 Å². The van der Waals surface area contributed by atoms with Gasteiger partial charge < -0.3 is 15.4 Å². The first-order chi connectivity index (χ1) is 10.5. The molecule has 0 amide bonds. The number of carbonyl (C=O) groups is 1. The lowest BCUT2D eigenvalue weighted by Crippen LogP contribution is -2.10. The van der Waals surface area contributed by atoms with Gasteiger partial charge in [0.05, 0.1) is 11.1 Å². The Bertz CT molecular complexity index is 671. The van der Waals surface area contributed by atoms with E-state index in [0.29, 0.717) is 12.1 Å². The number of carboxylic acid groups (broad SMARTS) is 1. The Hall–Kier alpha value is -1.81. The zero-order valence-electron chi connectivity index (χ0n) is 13.7. The fraction of sp³-hybridized carbons (Fsp3) is 0.500. The minimum Gasteiger partial charge on any atom is -0.478 e. The van der Waals surface area contributed by atoms with Crippen LogP contribution in [0.15, 0.2) is 18.3 Å². The molecule has 0 fully saturated rings. The van der Waals surface area contributed by atoms with E-state index in [1.165, 1.54) is 5.56 Å². The molecule has 0 saturated heterocycles. The van der Waals surface area contributed by atoms with Crippen molar-refractivity contribution in [2.75, 3.05) is 6.54 Å². The summed E-state index contributed by atoms with van der Waals surface area (Å²) < 4.78 is 2.20. The Morgan fingerprint density at radius 1 is 1.36 bits per heavy atom. The molecular weight excluding hydrogens is 276 g/mol. The number of unbranched alkanes of at least 4 members (excludes halogenated alkanes) is 1. The summed E-state index contributed by atoms with van der Waals surface area (Å²) in [7, 11) is 0. The SMILES string of the molecule is CCCCc1cn(CCN)c2c(C(C)C)cc(C(=O)O)cc12. The molecule has 0 bridgehead atoms. The fourth-order valence-corrected chi connectivity index (χ4v) is 2.99. The van der Waals surface area contributed by atoms with Gasteiger partial charge in [-0.25, -0.2) is 4.79 Å². The predicted molar refractivity (Wildman–Crippen MR) is 90.7 cm³/mol. The maximum atomic E-state index is 11.5. The molecule has 4 nitrogen and oxygen atoms in total. The molecule has 1 aromatic heterocycles. The minimum absolute atomic E-state index is 0.271. The molecule has 2 aromatic rings. The topological polar surface area (TPSA) is 68.2 Å². The Balaban J connectivity index is 2.72. The summed E-state index contributed by atoms with van der Waals surface area (Å²) in [5.74, 6) is -0.593. The lowest BCUT2D eigenvalue weighted by atomic mass is 9.95. The average molecular weight is 302 g/mol. The molecule has 0 atom stereocenters. The minimum atomic E-state index is -0.864. The highest BCUT2D eigenvalue weighted by atomic mass is 16.4. The van der Waals surface area contributed by atoms with E-state index in [2.05, 4.69) is 31.5 Å². The van der Waals surface area contributed by atoms with Crippen LogP contribution in [0.5, 0.6) is 0 Å². The molecule has 0 unspecified atom stereocenters. The predicted octanol–water partition coefficient (Wildman–Crippen LogP) is 3.76. The van der Waals surface area contributed by atoms with E-state index in [1.54, 1.807) is 0 Å². The van der Waals surface area contributed by atoms with Crippen LogP contribution in [-0.4, -0.2) is 22.2 Å². The summed E-state index contributed by atoms with van der Waals surface area (Å²) >= 11 is 0. The Morgan fingerprint density at radius 2 is 2.09 bits per heavy atom. The van der Waals surface area contributed by atoms with Crippen LogP contribution >= 0.6 is 0 Å². The van der Waals surface area contributed by atoms with Crippen molar-refractivity contribution in [2.45, 2.75) is 52.5 Å². The van der Waals surface area contributed by atoms with Gasteiger partial charge in [0, 0.05) is 24.7 Å². The smallest absolute Gasteiger partial charge is 0.335 e. The number of nitrogens with zero attached hydrogens (tertiary/aromatic N) is 1. The van der Waals surface area contributed by atoms with Crippen LogP contribution in [0.4, 0.5) is 0 Å². The Kier molecular flexibility index (Phi) is 5.24. The van der Waals surface area contributed by atoms with Crippen molar-refractivity contribution in [3.8, 4) is 0 Å². The molecule has 0 saturated carbocycles. The first kappa shape index (κ1) is 16.6. The van der Waals surface area contributed by atoms with Crippen LogP contribution in [0.25, 0.3) is 10.9 Å². The largest absolute Gasteiger partial charge is 0.478 e. The molecule has 22 heavy (non-hydrogen) atoms. The lowest BCUT2D eigenvalue weighted by Gasteiger charge is -2.13. The second-order valence-electron chi connectivity index (χ2n) is 6.16. The average Bonchev–Trinajstić information content (AvgIpc) is 2.82. The second-order valence-corrected chi connectivity index (χ2v) is 6.16. The molecule has 0 spiro atoms. The van der Waals surface area contributed by atoms with E-state index in [4.69, 9.17) is 5.73 Å². The number of aromatic nitrogens is 1. The summed E-state index contributed by atoms with van der Waals surface area (Å²) in [5.41, 5.74) is 9.60. The molecule has 0 aliphatic carbocycles. The van der Waals surface area contributed by atoms with Gasteiger partial charge in [0.1, 0.15) is 0 Å². The number of aryl methyl sites for hydroxylation is 1. The van der Waals surface area contributed by atoms with Gasteiger partial charge >= 0.3 is 5.97 Å². The van der Waals surface area contributed by atoms with Crippen molar-refractivity contribution in [3.05, 3.63) is 35.0 Å². The molecule has 2 rings (SSSR count). The van der Waals surface area contributed by atoms with Crippen molar-refractivity contribution in [1.82, 2.24) is 4.57 Å². The van der Waals surface area contributed by atoms with Gasteiger partial charge in [0.15, 0.2) is 0 Å². The molecular formula is C18H26N2O2. The number of rotatable bonds is 7. The molecule has 0 radical (unpaired) electrons. The monoisotopic (exact) mass is 302 g/mol. The third-order valence-electron chi connectivity index (χ3n) is 4.12. The van der Waals surface area contributed by atoms with Crippen LogP contribution in [0.2, 0.25) is 0 Å². The van der Waals surface area contributed by atoms with Crippen molar-refractivity contribution in [1.29, 1.82) is 0 Å². The quantitative estimate of drug-likeness (QED) is 0.818. The highest BCUT2D eigenvalue weighted by Crippen LogP contribution is 2.32.